The second-order valence-electron chi connectivity index (χ2n) is 7.59. The lowest BCUT2D eigenvalue weighted by Gasteiger charge is -2.15. The van der Waals surface area contributed by atoms with Crippen molar-refractivity contribution in [1.82, 2.24) is 14.5 Å². The van der Waals surface area contributed by atoms with Gasteiger partial charge in [-0.05, 0) is 60.5 Å². The summed E-state index contributed by atoms with van der Waals surface area (Å²) in [6, 6.07) is 8.96. The predicted molar refractivity (Wildman–Crippen MR) is 130 cm³/mol. The van der Waals surface area contributed by atoms with Gasteiger partial charge in [-0.2, -0.15) is 0 Å². The number of fused-ring (bicyclic) bond motifs is 3. The summed E-state index contributed by atoms with van der Waals surface area (Å²) in [4.78, 5) is 37.9. The van der Waals surface area contributed by atoms with Crippen molar-refractivity contribution in [2.45, 2.75) is 32.7 Å². The van der Waals surface area contributed by atoms with Crippen LogP contribution in [0.5, 0.6) is 0 Å². The van der Waals surface area contributed by atoms with E-state index in [0.717, 1.165) is 21.4 Å². The summed E-state index contributed by atoms with van der Waals surface area (Å²) in [7, 11) is 0. The van der Waals surface area contributed by atoms with Crippen molar-refractivity contribution in [3.63, 3.8) is 0 Å². The standard InChI is InChI=1S/C24H22BrClN4O4/c1-3-33-22(32)13-34-21(31)8-7-19-24-28-12-14(2)30(24)20-11-17(26)16(25)10-15(20)23(29-19)18-6-4-5-9-27-18/h4-6,9-12,19H,3,7-8,13H2,1-2H3/t19-/m0/s1. The van der Waals surface area contributed by atoms with Crippen molar-refractivity contribution >= 4 is 45.2 Å². The third-order valence-electron chi connectivity index (χ3n) is 5.27. The zero-order chi connectivity index (χ0) is 24.2. The molecule has 0 amide bonds. The molecule has 1 aliphatic rings. The molecule has 0 bridgehead atoms. The van der Waals surface area contributed by atoms with Crippen molar-refractivity contribution in [1.29, 1.82) is 0 Å². The molecule has 1 aliphatic heterocycles. The van der Waals surface area contributed by atoms with Gasteiger partial charge in [0, 0.05) is 34.5 Å². The van der Waals surface area contributed by atoms with Gasteiger partial charge >= 0.3 is 11.9 Å². The molecule has 0 N–H and O–H groups in total. The Labute approximate surface area is 210 Å². The molecule has 0 saturated carbocycles. The molecule has 0 aliphatic carbocycles. The maximum atomic E-state index is 12.3. The number of aromatic nitrogens is 3. The van der Waals surface area contributed by atoms with Crippen LogP contribution in [-0.2, 0) is 19.1 Å². The number of hydrogen-bond donors (Lipinski definition) is 0. The van der Waals surface area contributed by atoms with E-state index in [4.69, 9.17) is 26.1 Å². The van der Waals surface area contributed by atoms with Crippen LogP contribution in [0.15, 0.2) is 52.2 Å². The average molecular weight is 546 g/mol. The smallest absolute Gasteiger partial charge is 0.344 e. The van der Waals surface area contributed by atoms with Crippen molar-refractivity contribution < 1.29 is 19.1 Å². The van der Waals surface area contributed by atoms with E-state index in [-0.39, 0.29) is 13.0 Å². The highest BCUT2D eigenvalue weighted by Gasteiger charge is 2.29. The van der Waals surface area contributed by atoms with E-state index in [1.807, 2.05) is 41.8 Å². The number of pyridine rings is 1. The number of benzene rings is 1. The van der Waals surface area contributed by atoms with E-state index in [9.17, 15) is 9.59 Å². The molecular formula is C24H22BrClN4O4. The zero-order valence-corrected chi connectivity index (χ0v) is 21.0. The Kier molecular flexibility index (Phi) is 7.43. The van der Waals surface area contributed by atoms with Crippen LogP contribution < -0.4 is 0 Å². The largest absolute Gasteiger partial charge is 0.463 e. The molecule has 3 aromatic rings. The molecule has 1 atom stereocenters. The van der Waals surface area contributed by atoms with E-state index in [1.54, 1.807) is 19.3 Å². The third-order valence-corrected chi connectivity index (χ3v) is 6.47. The molecule has 2 aromatic heterocycles. The van der Waals surface area contributed by atoms with Gasteiger partial charge in [-0.25, -0.2) is 9.78 Å². The quantitative estimate of drug-likeness (QED) is 0.397. The Hall–Kier alpha value is -3.04. The zero-order valence-electron chi connectivity index (χ0n) is 18.6. The molecule has 176 valence electrons. The lowest BCUT2D eigenvalue weighted by molar-refractivity contribution is -0.158. The molecule has 0 unspecified atom stereocenters. The van der Waals surface area contributed by atoms with Crippen molar-refractivity contribution in [2.75, 3.05) is 13.2 Å². The number of ether oxygens (including phenoxy) is 2. The second kappa shape index (κ2) is 10.5. The maximum absolute atomic E-state index is 12.3. The molecule has 0 fully saturated rings. The Balaban J connectivity index is 1.72. The van der Waals surface area contributed by atoms with E-state index in [1.165, 1.54) is 0 Å². The number of aryl methyl sites for hydroxylation is 1. The Morgan fingerprint density at radius 1 is 1.18 bits per heavy atom. The highest BCUT2D eigenvalue weighted by Crippen LogP contribution is 2.37. The molecule has 0 radical (unpaired) electrons. The minimum absolute atomic E-state index is 0.0514. The third kappa shape index (κ3) is 5.05. The van der Waals surface area contributed by atoms with E-state index >= 15 is 0 Å². The molecule has 1 aromatic carbocycles. The lowest BCUT2D eigenvalue weighted by Crippen LogP contribution is -2.17. The number of imidazole rings is 1. The Bertz CT molecular complexity index is 1260. The monoisotopic (exact) mass is 544 g/mol. The molecule has 4 rings (SSSR count). The summed E-state index contributed by atoms with van der Waals surface area (Å²) in [5.41, 5.74) is 3.93. The number of aliphatic imine (C=N–C) groups is 1. The molecule has 0 spiro atoms. The van der Waals surface area contributed by atoms with Gasteiger partial charge < -0.3 is 9.47 Å². The highest BCUT2D eigenvalue weighted by atomic mass is 79.9. The van der Waals surface area contributed by atoms with E-state index in [2.05, 4.69) is 25.9 Å². The van der Waals surface area contributed by atoms with Gasteiger partial charge in [0.15, 0.2) is 6.61 Å². The van der Waals surface area contributed by atoms with Crippen molar-refractivity contribution in [3.8, 4) is 5.69 Å². The minimum Gasteiger partial charge on any atom is -0.463 e. The van der Waals surface area contributed by atoms with Crippen LogP contribution in [-0.4, -0.2) is 45.4 Å². The Morgan fingerprint density at radius 3 is 2.74 bits per heavy atom. The number of hydrogen-bond acceptors (Lipinski definition) is 7. The van der Waals surface area contributed by atoms with Gasteiger partial charge in [-0.3, -0.25) is 19.3 Å². The molecular weight excluding hydrogens is 524 g/mol. The van der Waals surface area contributed by atoms with Crippen LogP contribution in [0.3, 0.4) is 0 Å². The van der Waals surface area contributed by atoms with Gasteiger partial charge in [0.1, 0.15) is 11.9 Å². The SMILES string of the molecule is CCOC(=O)COC(=O)CC[C@@H]1N=C(c2ccccn2)c2cc(Br)c(Cl)cc2-n2c(C)cnc21. The summed E-state index contributed by atoms with van der Waals surface area (Å²) in [5, 5.41) is 0.555. The van der Waals surface area contributed by atoms with Gasteiger partial charge in [-0.15, -0.1) is 0 Å². The fourth-order valence-corrected chi connectivity index (χ4v) is 4.27. The topological polar surface area (TPSA) is 95.7 Å². The summed E-state index contributed by atoms with van der Waals surface area (Å²) < 4.78 is 12.6. The number of rotatable bonds is 7. The normalized spacial score (nSPS) is 14.5. The molecule has 10 heteroatoms. The number of nitrogens with zero attached hydrogens (tertiary/aromatic N) is 4. The van der Waals surface area contributed by atoms with Gasteiger partial charge in [-0.1, -0.05) is 17.7 Å². The van der Waals surface area contributed by atoms with Gasteiger partial charge in [0.25, 0.3) is 0 Å². The van der Waals surface area contributed by atoms with Crippen LogP contribution in [0.2, 0.25) is 5.02 Å². The van der Waals surface area contributed by atoms with Crippen LogP contribution in [0.4, 0.5) is 0 Å². The first kappa shape index (κ1) is 24.1. The fraction of sp³-hybridized carbons (Fsp3) is 0.292. The first-order chi connectivity index (χ1) is 16.4. The molecule has 0 saturated heterocycles. The second-order valence-corrected chi connectivity index (χ2v) is 8.85. The number of carbonyl (C=O) groups is 2. The lowest BCUT2D eigenvalue weighted by atomic mass is 10.0. The summed E-state index contributed by atoms with van der Waals surface area (Å²) >= 11 is 9.99. The summed E-state index contributed by atoms with van der Waals surface area (Å²) in [5.74, 6) is -0.406. The minimum atomic E-state index is -0.579. The first-order valence-electron chi connectivity index (χ1n) is 10.7. The fourth-order valence-electron chi connectivity index (χ4n) is 3.77. The molecule has 3 heterocycles. The van der Waals surface area contributed by atoms with Gasteiger partial charge in [0.05, 0.1) is 28.7 Å². The number of esters is 2. The molecule has 8 nitrogen and oxygen atoms in total. The van der Waals surface area contributed by atoms with E-state index < -0.39 is 24.6 Å². The first-order valence-corrected chi connectivity index (χ1v) is 11.9. The predicted octanol–water partition coefficient (Wildman–Crippen LogP) is 4.77. The van der Waals surface area contributed by atoms with Gasteiger partial charge in [0.2, 0.25) is 0 Å². The van der Waals surface area contributed by atoms with Crippen LogP contribution in [0.25, 0.3) is 5.69 Å². The van der Waals surface area contributed by atoms with Crippen molar-refractivity contribution in [2.24, 2.45) is 4.99 Å². The van der Waals surface area contributed by atoms with E-state index in [0.29, 0.717) is 28.7 Å². The number of carbonyl (C=O) groups excluding carboxylic acids is 2. The van der Waals surface area contributed by atoms with Crippen molar-refractivity contribution in [3.05, 3.63) is 75.0 Å². The molecule has 34 heavy (non-hydrogen) atoms. The summed E-state index contributed by atoms with van der Waals surface area (Å²) in [6.45, 7) is 3.46. The highest BCUT2D eigenvalue weighted by molar-refractivity contribution is 9.10. The summed E-state index contributed by atoms with van der Waals surface area (Å²) in [6.07, 6.45) is 3.86. The van der Waals surface area contributed by atoms with Crippen LogP contribution >= 0.6 is 27.5 Å². The van der Waals surface area contributed by atoms with Crippen LogP contribution in [0.1, 0.15) is 48.6 Å². The number of halogens is 2. The average Bonchev–Trinajstić information content (AvgIpc) is 3.15. The maximum Gasteiger partial charge on any atom is 0.344 e. The van der Waals surface area contributed by atoms with Crippen LogP contribution in [0, 0.1) is 6.92 Å². The Morgan fingerprint density at radius 2 is 2.00 bits per heavy atom.